The van der Waals surface area contributed by atoms with Crippen molar-refractivity contribution in [3.05, 3.63) is 28.2 Å². The SMILES string of the molecule is Cc1cc(NC(=O)CCOC(C)C)ccc1Br. The van der Waals surface area contributed by atoms with E-state index >= 15 is 0 Å². The highest BCUT2D eigenvalue weighted by atomic mass is 79.9. The number of anilines is 1. The van der Waals surface area contributed by atoms with E-state index in [-0.39, 0.29) is 12.0 Å². The molecule has 0 spiro atoms. The molecule has 0 radical (unpaired) electrons. The average molecular weight is 300 g/mol. The number of aryl methyl sites for hydroxylation is 1. The molecule has 3 nitrogen and oxygen atoms in total. The largest absolute Gasteiger partial charge is 0.378 e. The fourth-order valence-corrected chi connectivity index (χ4v) is 1.58. The molecule has 0 unspecified atom stereocenters. The Labute approximate surface area is 111 Å². The molecule has 0 heterocycles. The number of nitrogens with one attached hydrogen (secondary N) is 1. The fourth-order valence-electron chi connectivity index (χ4n) is 1.33. The smallest absolute Gasteiger partial charge is 0.226 e. The normalized spacial score (nSPS) is 10.6. The van der Waals surface area contributed by atoms with E-state index in [1.165, 1.54) is 0 Å². The molecular formula is C13H18BrNO2. The molecule has 0 aliphatic carbocycles. The molecule has 1 rings (SSSR count). The van der Waals surface area contributed by atoms with Crippen LogP contribution in [0.1, 0.15) is 25.8 Å². The molecule has 0 fully saturated rings. The molecule has 0 aliphatic heterocycles. The van der Waals surface area contributed by atoms with Crippen LogP contribution in [-0.2, 0) is 9.53 Å². The fraction of sp³-hybridized carbons (Fsp3) is 0.462. The second-order valence-electron chi connectivity index (χ2n) is 4.18. The monoisotopic (exact) mass is 299 g/mol. The van der Waals surface area contributed by atoms with Crippen molar-refractivity contribution >= 4 is 27.5 Å². The predicted octanol–water partition coefficient (Wildman–Crippen LogP) is 3.51. The van der Waals surface area contributed by atoms with Crippen LogP contribution in [0.5, 0.6) is 0 Å². The van der Waals surface area contributed by atoms with Gasteiger partial charge in [-0.1, -0.05) is 15.9 Å². The van der Waals surface area contributed by atoms with Crippen molar-refractivity contribution in [2.75, 3.05) is 11.9 Å². The Morgan fingerprint density at radius 1 is 1.47 bits per heavy atom. The third-order valence-corrected chi connectivity index (χ3v) is 3.11. The van der Waals surface area contributed by atoms with E-state index in [2.05, 4.69) is 21.2 Å². The first kappa shape index (κ1) is 14.2. The van der Waals surface area contributed by atoms with Crippen LogP contribution in [-0.4, -0.2) is 18.6 Å². The summed E-state index contributed by atoms with van der Waals surface area (Å²) < 4.78 is 6.37. The second-order valence-corrected chi connectivity index (χ2v) is 5.04. The summed E-state index contributed by atoms with van der Waals surface area (Å²) in [5.74, 6) is -0.0210. The summed E-state index contributed by atoms with van der Waals surface area (Å²) in [6, 6.07) is 5.74. The Morgan fingerprint density at radius 2 is 2.18 bits per heavy atom. The number of carbonyl (C=O) groups excluding carboxylic acids is 1. The van der Waals surface area contributed by atoms with Crippen LogP contribution in [0, 0.1) is 6.92 Å². The van der Waals surface area contributed by atoms with Crippen molar-refractivity contribution in [1.82, 2.24) is 0 Å². The van der Waals surface area contributed by atoms with Gasteiger partial charge in [0.25, 0.3) is 0 Å². The number of amides is 1. The Hall–Kier alpha value is -0.870. The molecular weight excluding hydrogens is 282 g/mol. The zero-order chi connectivity index (χ0) is 12.8. The van der Waals surface area contributed by atoms with Crippen molar-refractivity contribution in [2.45, 2.75) is 33.3 Å². The Balaban J connectivity index is 2.42. The maximum atomic E-state index is 11.6. The highest BCUT2D eigenvalue weighted by molar-refractivity contribution is 9.10. The van der Waals surface area contributed by atoms with Gasteiger partial charge in [-0.05, 0) is 44.5 Å². The third kappa shape index (κ3) is 5.33. The molecule has 0 bridgehead atoms. The standard InChI is InChI=1S/C13H18BrNO2/c1-9(2)17-7-6-13(16)15-11-4-5-12(14)10(3)8-11/h4-5,8-9H,6-7H2,1-3H3,(H,15,16). The van der Waals surface area contributed by atoms with E-state index in [1.807, 2.05) is 39.0 Å². The lowest BCUT2D eigenvalue weighted by molar-refractivity contribution is -0.117. The van der Waals surface area contributed by atoms with Gasteiger partial charge in [0.05, 0.1) is 19.1 Å². The van der Waals surface area contributed by atoms with Gasteiger partial charge in [-0.3, -0.25) is 4.79 Å². The Kier molecular flexibility index (Phi) is 5.65. The van der Waals surface area contributed by atoms with Gasteiger partial charge < -0.3 is 10.1 Å². The minimum Gasteiger partial charge on any atom is -0.378 e. The van der Waals surface area contributed by atoms with Crippen molar-refractivity contribution in [3.8, 4) is 0 Å². The summed E-state index contributed by atoms with van der Waals surface area (Å²) >= 11 is 3.42. The van der Waals surface area contributed by atoms with E-state index in [4.69, 9.17) is 4.74 Å². The van der Waals surface area contributed by atoms with Crippen molar-refractivity contribution in [3.63, 3.8) is 0 Å². The van der Waals surface area contributed by atoms with E-state index in [0.717, 1.165) is 15.7 Å². The van der Waals surface area contributed by atoms with Gasteiger partial charge >= 0.3 is 0 Å². The summed E-state index contributed by atoms with van der Waals surface area (Å²) in [6.07, 6.45) is 0.547. The molecule has 17 heavy (non-hydrogen) atoms. The lowest BCUT2D eigenvalue weighted by Crippen LogP contribution is -2.15. The quantitative estimate of drug-likeness (QED) is 0.903. The van der Waals surface area contributed by atoms with Crippen LogP contribution in [0.15, 0.2) is 22.7 Å². The number of benzene rings is 1. The van der Waals surface area contributed by atoms with Gasteiger partial charge in [0.15, 0.2) is 0 Å². The maximum Gasteiger partial charge on any atom is 0.226 e. The molecule has 0 atom stereocenters. The van der Waals surface area contributed by atoms with E-state index in [1.54, 1.807) is 0 Å². The minimum absolute atomic E-state index is 0.0210. The van der Waals surface area contributed by atoms with Gasteiger partial charge in [-0.2, -0.15) is 0 Å². The molecule has 0 saturated carbocycles. The van der Waals surface area contributed by atoms with Crippen LogP contribution in [0.3, 0.4) is 0 Å². The summed E-state index contributed by atoms with van der Waals surface area (Å²) in [5, 5.41) is 2.84. The molecule has 1 amide bonds. The number of hydrogen-bond acceptors (Lipinski definition) is 2. The van der Waals surface area contributed by atoms with Gasteiger partial charge in [-0.25, -0.2) is 0 Å². The molecule has 4 heteroatoms. The van der Waals surface area contributed by atoms with Crippen LogP contribution < -0.4 is 5.32 Å². The molecule has 0 saturated heterocycles. The number of ether oxygens (including phenoxy) is 1. The Morgan fingerprint density at radius 3 is 2.76 bits per heavy atom. The van der Waals surface area contributed by atoms with Crippen molar-refractivity contribution < 1.29 is 9.53 Å². The summed E-state index contributed by atoms with van der Waals surface area (Å²) in [4.78, 5) is 11.6. The molecule has 1 aromatic carbocycles. The summed E-state index contributed by atoms with van der Waals surface area (Å²) in [6.45, 7) is 6.35. The molecule has 1 aromatic rings. The first-order valence-corrected chi connectivity index (χ1v) is 6.46. The van der Waals surface area contributed by atoms with Crippen molar-refractivity contribution in [2.24, 2.45) is 0 Å². The predicted molar refractivity (Wildman–Crippen MR) is 73.2 cm³/mol. The molecule has 0 aliphatic rings. The number of carbonyl (C=O) groups is 1. The minimum atomic E-state index is -0.0210. The highest BCUT2D eigenvalue weighted by Gasteiger charge is 2.04. The van der Waals surface area contributed by atoms with Gasteiger partial charge in [-0.15, -0.1) is 0 Å². The van der Waals surface area contributed by atoms with Gasteiger partial charge in [0.2, 0.25) is 5.91 Å². The van der Waals surface area contributed by atoms with Crippen LogP contribution in [0.4, 0.5) is 5.69 Å². The lowest BCUT2D eigenvalue weighted by Gasteiger charge is -2.09. The Bertz CT molecular complexity index is 391. The number of hydrogen-bond donors (Lipinski definition) is 1. The van der Waals surface area contributed by atoms with E-state index in [9.17, 15) is 4.79 Å². The van der Waals surface area contributed by atoms with Gasteiger partial charge in [0.1, 0.15) is 0 Å². The third-order valence-electron chi connectivity index (χ3n) is 2.22. The first-order valence-electron chi connectivity index (χ1n) is 5.66. The topological polar surface area (TPSA) is 38.3 Å². The van der Waals surface area contributed by atoms with Crippen LogP contribution in [0.25, 0.3) is 0 Å². The zero-order valence-corrected chi connectivity index (χ0v) is 12.0. The average Bonchev–Trinajstić information content (AvgIpc) is 2.23. The number of halogens is 1. The van der Waals surface area contributed by atoms with E-state index < -0.39 is 0 Å². The maximum absolute atomic E-state index is 11.6. The molecule has 1 N–H and O–H groups in total. The first-order chi connectivity index (χ1) is 7.99. The highest BCUT2D eigenvalue weighted by Crippen LogP contribution is 2.20. The lowest BCUT2D eigenvalue weighted by atomic mass is 10.2. The second kappa shape index (κ2) is 6.77. The van der Waals surface area contributed by atoms with Crippen LogP contribution in [0.2, 0.25) is 0 Å². The van der Waals surface area contributed by atoms with Crippen molar-refractivity contribution in [1.29, 1.82) is 0 Å². The molecule has 0 aromatic heterocycles. The summed E-state index contributed by atoms with van der Waals surface area (Å²) in [5.41, 5.74) is 1.92. The zero-order valence-electron chi connectivity index (χ0n) is 10.4. The number of rotatable bonds is 5. The van der Waals surface area contributed by atoms with Crippen LogP contribution >= 0.6 is 15.9 Å². The molecule has 94 valence electrons. The summed E-state index contributed by atoms with van der Waals surface area (Å²) in [7, 11) is 0. The van der Waals surface area contributed by atoms with Gasteiger partial charge in [0, 0.05) is 10.2 Å². The van der Waals surface area contributed by atoms with E-state index in [0.29, 0.717) is 13.0 Å².